The Kier molecular flexibility index (Phi) is 38.6. The maximum absolute atomic E-state index is 12.3. The van der Waals surface area contributed by atoms with Crippen LogP contribution in [0.5, 0.6) is 11.5 Å². The van der Waals surface area contributed by atoms with Gasteiger partial charge in [-0.25, -0.2) is 0 Å². The summed E-state index contributed by atoms with van der Waals surface area (Å²) in [5.41, 5.74) is 0. The Morgan fingerprint density at radius 1 is 0.391 bits per heavy atom. The van der Waals surface area contributed by atoms with E-state index in [1.165, 1.54) is 116 Å². The van der Waals surface area contributed by atoms with E-state index in [0.717, 1.165) is 87.8 Å². The zero-order valence-electron chi connectivity index (χ0n) is 39.1. The fourth-order valence-corrected chi connectivity index (χ4v) is 11.5. The van der Waals surface area contributed by atoms with Gasteiger partial charge >= 0.3 is 59.1 Å². The van der Waals surface area contributed by atoms with Crippen molar-refractivity contribution in [1.29, 1.82) is 0 Å². The molecule has 0 amide bonds. The van der Waals surface area contributed by atoms with Crippen LogP contribution >= 0.6 is 0 Å². The third kappa shape index (κ3) is 29.5. The van der Waals surface area contributed by atoms with Gasteiger partial charge in [-0.1, -0.05) is 217 Å². The van der Waals surface area contributed by atoms with Gasteiger partial charge in [0, 0.05) is 0 Å². The molecule has 0 spiro atoms. The molecule has 64 heavy (non-hydrogen) atoms. The van der Waals surface area contributed by atoms with Gasteiger partial charge in [-0.2, -0.15) is 33.7 Å². The molecule has 0 aromatic heterocycles. The maximum atomic E-state index is 12.3. The molecular weight excluding hydrogens is 927 g/mol. The van der Waals surface area contributed by atoms with Crippen molar-refractivity contribution in [2.75, 3.05) is 13.2 Å². The normalized spacial score (nSPS) is 11.9. The van der Waals surface area contributed by atoms with Gasteiger partial charge in [0.15, 0.2) is 0 Å². The monoisotopic (exact) mass is 1000 g/mol. The molecule has 0 aliphatic heterocycles. The smallest absolute Gasteiger partial charge is 0.871 e. The molecular formula is C44H74Na2O14S4. The molecule has 2 N–H and O–H groups in total. The first-order chi connectivity index (χ1) is 29.4. The van der Waals surface area contributed by atoms with E-state index in [-0.39, 0.29) is 72.3 Å². The molecule has 0 saturated carbocycles. The Bertz CT molecular complexity index is 1820. The summed E-state index contributed by atoms with van der Waals surface area (Å²) in [6, 6.07) is 5.68. The maximum Gasteiger partial charge on any atom is 1.00 e. The van der Waals surface area contributed by atoms with Crippen LogP contribution in [0.4, 0.5) is 0 Å². The summed E-state index contributed by atoms with van der Waals surface area (Å²) in [7, 11) is -18.9. The minimum Gasteiger partial charge on any atom is -0.871 e. The zero-order chi connectivity index (χ0) is 46.3. The summed E-state index contributed by atoms with van der Waals surface area (Å²) in [4.78, 5) is -3.99. The number of rotatable bonds is 36. The molecule has 0 saturated heterocycles. The van der Waals surface area contributed by atoms with Crippen LogP contribution in [0.3, 0.4) is 0 Å². The summed E-state index contributed by atoms with van der Waals surface area (Å²) in [5, 5.41) is 23.7. The third-order valence-corrected chi connectivity index (χ3v) is 15.3. The van der Waals surface area contributed by atoms with E-state index >= 15 is 0 Å². The molecule has 360 valence electrons. The van der Waals surface area contributed by atoms with Crippen LogP contribution in [0.2, 0.25) is 0 Å². The van der Waals surface area contributed by atoms with Crippen molar-refractivity contribution in [3.63, 3.8) is 0 Å². The average Bonchev–Trinajstić information content (AvgIpc) is 3.20. The molecule has 0 heterocycles. The zero-order valence-corrected chi connectivity index (χ0v) is 46.4. The van der Waals surface area contributed by atoms with Crippen LogP contribution in [0.1, 0.15) is 194 Å². The fourth-order valence-electron chi connectivity index (χ4n) is 6.94. The van der Waals surface area contributed by atoms with E-state index in [2.05, 4.69) is 13.8 Å². The van der Waals surface area contributed by atoms with Crippen molar-refractivity contribution in [3.8, 4) is 11.5 Å². The van der Waals surface area contributed by atoms with Crippen molar-refractivity contribution in [3.05, 3.63) is 36.4 Å². The number of benzene rings is 2. The van der Waals surface area contributed by atoms with E-state index in [0.29, 0.717) is 12.8 Å². The van der Waals surface area contributed by atoms with Crippen LogP contribution in [0.15, 0.2) is 56.0 Å². The largest absolute Gasteiger partial charge is 1.00 e. The van der Waals surface area contributed by atoms with Crippen LogP contribution in [0, 0.1) is 0 Å². The standard InChI is InChI=1S/2C22H38O7S2.2Na/c2*1-2-3-4-5-6-7-8-9-10-11-12-13-14-15-19-29-31(27,28)22-20(23)17-16-18-21(22)30(24,25)26;;/h2*16-18,23H,2-15,19H2,1H3,(H,24,25,26);;/q;;2*+1/p-2. The Labute approximate surface area is 431 Å². The molecule has 2 aromatic carbocycles. The number of unbranched alkanes of at least 4 members (excludes halogenated alkanes) is 26. The SMILES string of the molecule is CCCCCCCCCCCCCCCCOS(=O)(=O)c1c([O-])cccc1S(=O)(=O)O.CCCCCCCCCCCCCCCCOS(=O)(=O)c1c([O-])cccc1S(=O)(=O)O.[Na+].[Na+]. The van der Waals surface area contributed by atoms with E-state index in [1.54, 1.807) is 0 Å². The molecule has 2 rings (SSSR count). The van der Waals surface area contributed by atoms with Gasteiger partial charge in [-0.05, 0) is 25.0 Å². The Morgan fingerprint density at radius 2 is 0.609 bits per heavy atom. The molecule has 0 atom stereocenters. The summed E-state index contributed by atoms with van der Waals surface area (Å²) in [6.45, 7) is 4.18. The van der Waals surface area contributed by atoms with Crippen molar-refractivity contribution in [1.82, 2.24) is 0 Å². The second-order valence-electron chi connectivity index (χ2n) is 15.9. The Balaban J connectivity index is 0. The average molecular weight is 1000 g/mol. The van der Waals surface area contributed by atoms with Gasteiger partial charge in [0.2, 0.25) is 0 Å². The quantitative estimate of drug-likeness (QED) is 0.0417. The minimum atomic E-state index is -4.86. The summed E-state index contributed by atoms with van der Waals surface area (Å²) in [5.74, 6) is -2.06. The van der Waals surface area contributed by atoms with E-state index in [9.17, 15) is 53.0 Å². The predicted octanol–water partition coefficient (Wildman–Crippen LogP) is 4.40. The van der Waals surface area contributed by atoms with E-state index in [1.807, 2.05) is 0 Å². The predicted molar refractivity (Wildman–Crippen MR) is 238 cm³/mol. The summed E-state index contributed by atoms with van der Waals surface area (Å²) >= 11 is 0. The van der Waals surface area contributed by atoms with Gasteiger partial charge in [-0.15, -0.1) is 0 Å². The van der Waals surface area contributed by atoms with Crippen LogP contribution in [-0.4, -0.2) is 56.0 Å². The second kappa shape index (κ2) is 37.6. The molecule has 0 radical (unpaired) electrons. The van der Waals surface area contributed by atoms with Gasteiger partial charge in [0.25, 0.3) is 40.5 Å². The van der Waals surface area contributed by atoms with Crippen LogP contribution in [-0.2, 0) is 48.8 Å². The Morgan fingerprint density at radius 3 is 0.828 bits per heavy atom. The van der Waals surface area contributed by atoms with Crippen molar-refractivity contribution >= 4 is 40.5 Å². The first kappa shape index (κ1) is 65.8. The van der Waals surface area contributed by atoms with Gasteiger partial charge in [-0.3, -0.25) is 17.5 Å². The molecule has 0 fully saturated rings. The second-order valence-corrected chi connectivity index (χ2v) is 21.7. The van der Waals surface area contributed by atoms with Crippen LogP contribution < -0.4 is 69.3 Å². The summed E-state index contributed by atoms with van der Waals surface area (Å²) < 4.78 is 122. The first-order valence-corrected chi connectivity index (χ1v) is 28.4. The number of hydrogen-bond donors (Lipinski definition) is 2. The van der Waals surface area contributed by atoms with E-state index in [4.69, 9.17) is 8.37 Å². The topological polar surface area (TPSA) is 242 Å². The molecule has 20 heteroatoms. The minimum absolute atomic E-state index is 0. The van der Waals surface area contributed by atoms with Gasteiger partial charge in [0.1, 0.15) is 19.6 Å². The van der Waals surface area contributed by atoms with Gasteiger partial charge < -0.3 is 10.2 Å². The Hall–Kier alpha value is -0.320. The van der Waals surface area contributed by atoms with Gasteiger partial charge in [0.05, 0.1) is 13.2 Å². The summed E-state index contributed by atoms with van der Waals surface area (Å²) in [6.07, 6.45) is 32.5. The third-order valence-electron chi connectivity index (χ3n) is 10.4. The van der Waals surface area contributed by atoms with Crippen molar-refractivity contribution in [2.24, 2.45) is 0 Å². The first-order valence-electron chi connectivity index (χ1n) is 22.7. The van der Waals surface area contributed by atoms with Crippen LogP contribution in [0.25, 0.3) is 0 Å². The number of hydrogen-bond acceptors (Lipinski definition) is 12. The fraction of sp³-hybridized carbons (Fsp3) is 0.727. The molecule has 2 aromatic rings. The molecule has 0 unspecified atom stereocenters. The molecule has 14 nitrogen and oxygen atoms in total. The molecule has 0 aliphatic carbocycles. The van der Waals surface area contributed by atoms with Crippen molar-refractivity contribution in [2.45, 2.75) is 213 Å². The molecule has 0 aliphatic rings. The molecule has 0 bridgehead atoms. The van der Waals surface area contributed by atoms with Crippen molar-refractivity contribution < 1.29 is 120 Å². The van der Waals surface area contributed by atoms with E-state index < -0.39 is 71.6 Å².